The third-order valence-electron chi connectivity index (χ3n) is 6.07. The van der Waals surface area contributed by atoms with E-state index in [1.807, 2.05) is 49.4 Å². The highest BCUT2D eigenvalue weighted by molar-refractivity contribution is 6.04. The molecule has 3 aromatic carbocycles. The average molecular weight is 434 g/mol. The fourth-order valence-corrected chi connectivity index (χ4v) is 4.20. The van der Waals surface area contributed by atoms with Crippen molar-refractivity contribution in [1.82, 2.24) is 9.97 Å². The van der Waals surface area contributed by atoms with E-state index in [0.29, 0.717) is 29.7 Å². The van der Waals surface area contributed by atoms with Crippen molar-refractivity contribution in [2.24, 2.45) is 0 Å². The SMILES string of the molecule is Cc1ccc([C@@H]2CC(=O)c3cnc(NC(=O)c4ccc(-c5ccccc5)cc4)nc3C2)cc1. The molecule has 1 aliphatic carbocycles. The highest BCUT2D eigenvalue weighted by atomic mass is 16.1. The van der Waals surface area contributed by atoms with E-state index in [0.717, 1.165) is 16.7 Å². The molecule has 5 rings (SSSR count). The Labute approximate surface area is 192 Å². The van der Waals surface area contributed by atoms with Gasteiger partial charge in [-0.2, -0.15) is 0 Å². The summed E-state index contributed by atoms with van der Waals surface area (Å²) < 4.78 is 0. The number of benzene rings is 3. The molecule has 162 valence electrons. The second-order valence-corrected chi connectivity index (χ2v) is 8.39. The first-order valence-electron chi connectivity index (χ1n) is 11.0. The lowest BCUT2D eigenvalue weighted by Crippen LogP contribution is -2.22. The number of rotatable bonds is 4. The average Bonchev–Trinajstić information content (AvgIpc) is 2.85. The van der Waals surface area contributed by atoms with Crippen molar-refractivity contribution in [3.05, 3.63) is 113 Å². The fourth-order valence-electron chi connectivity index (χ4n) is 4.20. The van der Waals surface area contributed by atoms with Crippen molar-refractivity contribution in [2.75, 3.05) is 5.32 Å². The molecular weight excluding hydrogens is 410 g/mol. The Bertz CT molecular complexity index is 1310. The molecule has 0 saturated carbocycles. The van der Waals surface area contributed by atoms with E-state index in [1.54, 1.807) is 12.1 Å². The van der Waals surface area contributed by atoms with Gasteiger partial charge >= 0.3 is 0 Å². The third kappa shape index (κ3) is 4.44. The number of aromatic nitrogens is 2. The Morgan fingerprint density at radius 3 is 2.30 bits per heavy atom. The van der Waals surface area contributed by atoms with Crippen LogP contribution in [0.25, 0.3) is 11.1 Å². The molecule has 5 heteroatoms. The van der Waals surface area contributed by atoms with E-state index < -0.39 is 0 Å². The molecule has 1 N–H and O–H groups in total. The minimum absolute atomic E-state index is 0.0382. The van der Waals surface area contributed by atoms with Crippen LogP contribution in [-0.4, -0.2) is 21.7 Å². The summed E-state index contributed by atoms with van der Waals surface area (Å²) in [5.74, 6) is 0.0424. The molecule has 0 radical (unpaired) electrons. The zero-order valence-electron chi connectivity index (χ0n) is 18.3. The van der Waals surface area contributed by atoms with Gasteiger partial charge < -0.3 is 0 Å². The van der Waals surface area contributed by atoms with Crippen LogP contribution in [0.5, 0.6) is 0 Å². The number of fused-ring (bicyclic) bond motifs is 1. The summed E-state index contributed by atoms with van der Waals surface area (Å²) in [6.07, 6.45) is 2.62. The van der Waals surface area contributed by atoms with Crippen LogP contribution in [0.1, 0.15) is 49.9 Å². The minimum atomic E-state index is -0.285. The minimum Gasteiger partial charge on any atom is -0.294 e. The number of hydrogen-bond donors (Lipinski definition) is 1. The van der Waals surface area contributed by atoms with Gasteiger partial charge in [0.1, 0.15) is 0 Å². The standard InChI is InChI=1S/C28H23N3O2/c1-18-7-9-21(10-8-18)23-15-25-24(26(32)16-23)17-29-28(30-25)31-27(33)22-13-11-20(12-14-22)19-5-3-2-4-6-19/h2-14,17,23H,15-16H2,1H3,(H,29,30,31,33)/t23-/m0/s1. The molecule has 1 aromatic heterocycles. The van der Waals surface area contributed by atoms with Gasteiger partial charge in [0.25, 0.3) is 5.91 Å². The molecule has 1 amide bonds. The molecule has 0 fully saturated rings. The Morgan fingerprint density at radius 1 is 0.879 bits per heavy atom. The summed E-state index contributed by atoms with van der Waals surface area (Å²) in [6.45, 7) is 2.04. The predicted molar refractivity (Wildman–Crippen MR) is 128 cm³/mol. The second kappa shape index (κ2) is 8.79. The summed E-state index contributed by atoms with van der Waals surface area (Å²) >= 11 is 0. The van der Waals surface area contributed by atoms with Gasteiger partial charge in [-0.3, -0.25) is 14.9 Å². The molecule has 4 aromatic rings. The van der Waals surface area contributed by atoms with Crippen molar-refractivity contribution >= 4 is 17.6 Å². The number of carbonyl (C=O) groups excluding carboxylic acids is 2. The van der Waals surface area contributed by atoms with Gasteiger partial charge in [0.15, 0.2) is 5.78 Å². The maximum absolute atomic E-state index is 12.8. The molecule has 0 unspecified atom stereocenters. The number of carbonyl (C=O) groups is 2. The van der Waals surface area contributed by atoms with Crippen LogP contribution in [0.2, 0.25) is 0 Å². The molecule has 1 aliphatic rings. The topological polar surface area (TPSA) is 72.0 Å². The number of amides is 1. The molecule has 0 bridgehead atoms. The van der Waals surface area contributed by atoms with Crippen molar-refractivity contribution < 1.29 is 9.59 Å². The normalized spacial score (nSPS) is 15.1. The van der Waals surface area contributed by atoms with Crippen molar-refractivity contribution in [3.63, 3.8) is 0 Å². The van der Waals surface area contributed by atoms with Gasteiger partial charge in [0.05, 0.1) is 11.3 Å². The zero-order chi connectivity index (χ0) is 22.8. The lowest BCUT2D eigenvalue weighted by molar-refractivity contribution is 0.0962. The molecule has 0 saturated heterocycles. The summed E-state index contributed by atoms with van der Waals surface area (Å²) in [5, 5.41) is 2.77. The number of nitrogens with zero attached hydrogens (tertiary/aromatic N) is 2. The van der Waals surface area contributed by atoms with Crippen LogP contribution in [0.15, 0.2) is 85.1 Å². The van der Waals surface area contributed by atoms with Gasteiger partial charge in [-0.15, -0.1) is 0 Å². The summed E-state index contributed by atoms with van der Waals surface area (Å²) in [5.41, 5.74) is 6.19. The van der Waals surface area contributed by atoms with Crippen LogP contribution < -0.4 is 5.32 Å². The van der Waals surface area contributed by atoms with E-state index in [2.05, 4.69) is 39.6 Å². The van der Waals surface area contributed by atoms with Gasteiger partial charge in [0, 0.05) is 18.2 Å². The molecule has 1 atom stereocenters. The van der Waals surface area contributed by atoms with Crippen molar-refractivity contribution in [2.45, 2.75) is 25.7 Å². The molecule has 0 aliphatic heterocycles. The highest BCUT2D eigenvalue weighted by Crippen LogP contribution is 2.32. The summed E-state index contributed by atoms with van der Waals surface area (Å²) in [7, 11) is 0. The van der Waals surface area contributed by atoms with Crippen molar-refractivity contribution in [1.29, 1.82) is 0 Å². The number of hydrogen-bond acceptors (Lipinski definition) is 4. The van der Waals surface area contributed by atoms with Gasteiger partial charge in [0.2, 0.25) is 5.95 Å². The largest absolute Gasteiger partial charge is 0.294 e. The summed E-state index contributed by atoms with van der Waals surface area (Å²) in [6, 6.07) is 25.7. The number of aryl methyl sites for hydroxylation is 1. The van der Waals surface area contributed by atoms with Gasteiger partial charge in [-0.25, -0.2) is 9.97 Å². The lowest BCUT2D eigenvalue weighted by Gasteiger charge is -2.23. The molecule has 5 nitrogen and oxygen atoms in total. The Morgan fingerprint density at radius 2 is 1.58 bits per heavy atom. The number of Topliss-reactive ketones (excluding diaryl/α,β-unsaturated/α-hetero) is 1. The maximum atomic E-state index is 12.8. The van der Waals surface area contributed by atoms with E-state index in [4.69, 9.17) is 0 Å². The first-order valence-corrected chi connectivity index (χ1v) is 11.0. The second-order valence-electron chi connectivity index (χ2n) is 8.39. The quantitative estimate of drug-likeness (QED) is 0.454. The first-order chi connectivity index (χ1) is 16.1. The highest BCUT2D eigenvalue weighted by Gasteiger charge is 2.28. The van der Waals surface area contributed by atoms with Crippen molar-refractivity contribution in [3.8, 4) is 11.1 Å². The zero-order valence-corrected chi connectivity index (χ0v) is 18.3. The number of anilines is 1. The Hall–Kier alpha value is -4.12. The van der Waals surface area contributed by atoms with Crippen LogP contribution in [0.3, 0.4) is 0 Å². The Kier molecular flexibility index (Phi) is 5.53. The number of ketones is 1. The summed E-state index contributed by atoms with van der Waals surface area (Å²) in [4.78, 5) is 34.2. The van der Waals surface area contributed by atoms with E-state index in [1.165, 1.54) is 11.8 Å². The lowest BCUT2D eigenvalue weighted by atomic mass is 9.82. The van der Waals surface area contributed by atoms with Gasteiger partial charge in [-0.05, 0) is 48.1 Å². The predicted octanol–water partition coefficient (Wildman–Crippen LogP) is 5.62. The van der Waals surface area contributed by atoms with Crippen LogP contribution in [0.4, 0.5) is 5.95 Å². The van der Waals surface area contributed by atoms with Crippen LogP contribution >= 0.6 is 0 Å². The number of nitrogens with one attached hydrogen (secondary N) is 1. The smallest absolute Gasteiger partial charge is 0.258 e. The van der Waals surface area contributed by atoms with E-state index >= 15 is 0 Å². The van der Waals surface area contributed by atoms with Gasteiger partial charge in [-0.1, -0.05) is 72.3 Å². The maximum Gasteiger partial charge on any atom is 0.258 e. The third-order valence-corrected chi connectivity index (χ3v) is 6.07. The van der Waals surface area contributed by atoms with E-state index in [9.17, 15) is 9.59 Å². The first kappa shape index (κ1) is 20.8. The fraction of sp³-hybridized carbons (Fsp3) is 0.143. The monoisotopic (exact) mass is 433 g/mol. The van der Waals surface area contributed by atoms with Crippen LogP contribution in [0, 0.1) is 6.92 Å². The van der Waals surface area contributed by atoms with E-state index in [-0.39, 0.29) is 23.6 Å². The Balaban J connectivity index is 1.33. The molecule has 1 heterocycles. The molecule has 0 spiro atoms. The molecular formula is C28H23N3O2. The molecule has 33 heavy (non-hydrogen) atoms. The van der Waals surface area contributed by atoms with Crippen LogP contribution in [-0.2, 0) is 6.42 Å².